The number of nitrogens with zero attached hydrogens (tertiary/aromatic N) is 2. The van der Waals surface area contributed by atoms with Gasteiger partial charge in [-0.25, -0.2) is 0 Å². The molecule has 65 heavy (non-hydrogen) atoms. The minimum absolute atomic E-state index is 0.288. The maximum Gasteiger partial charge on any atom is 0.135 e. The molecule has 0 bridgehead atoms. The maximum atomic E-state index is 6.27. The minimum Gasteiger partial charge on any atom is -0.456 e. The molecule has 0 saturated carbocycles. The molecule has 0 aliphatic heterocycles. The normalized spacial score (nSPS) is 13.0. The fraction of sp³-hybridized carbons (Fsp3) is 0.0820. The smallest absolute Gasteiger partial charge is 0.135 e. The molecule has 0 spiro atoms. The molecule has 0 N–H and O–H groups in total. The monoisotopic (exact) mass is 836 g/mol. The third kappa shape index (κ3) is 5.77. The van der Waals surface area contributed by atoms with Crippen LogP contribution in [0.2, 0.25) is 0 Å². The van der Waals surface area contributed by atoms with Gasteiger partial charge in [-0.3, -0.25) is 0 Å². The van der Waals surface area contributed by atoms with Crippen molar-refractivity contribution in [2.75, 3.05) is 9.80 Å². The average molecular weight is 837 g/mol. The zero-order chi connectivity index (χ0) is 43.6. The Morgan fingerprint density at radius 3 is 1.38 bits per heavy atom. The Kier molecular flexibility index (Phi) is 8.05. The Balaban J connectivity index is 0.975. The van der Waals surface area contributed by atoms with E-state index in [9.17, 15) is 0 Å². The summed E-state index contributed by atoms with van der Waals surface area (Å²) in [5.74, 6) is 0. The van der Waals surface area contributed by atoms with Crippen molar-refractivity contribution < 1.29 is 8.83 Å². The Morgan fingerprint density at radius 1 is 0.338 bits per heavy atom. The van der Waals surface area contributed by atoms with Gasteiger partial charge in [-0.15, -0.1) is 0 Å². The lowest BCUT2D eigenvalue weighted by atomic mass is 9.68. The standard InChI is InChI=1S/C61H44N2O2/c1-37-16-21-40(22-17-37)62(43-27-30-58-51(34-43)47-10-5-7-14-56(47)64-58)42-25-20-39-32-53-46-29-26-45(36-55(46)61(3,4)54-13-9-12-49(60(53)54)50(39)33-42)63(41-23-18-38(2)19-24-41)44-28-31-59-52(35-44)48-11-6-8-15-57(48)65-59/h5-36H,1-4H3. The second-order valence-corrected chi connectivity index (χ2v) is 18.3. The molecule has 1 aliphatic carbocycles. The Labute approximate surface area is 377 Å². The third-order valence-electron chi connectivity index (χ3n) is 13.9. The zero-order valence-corrected chi connectivity index (χ0v) is 36.7. The molecular weight excluding hydrogens is 793 g/mol. The highest BCUT2D eigenvalue weighted by Gasteiger charge is 2.35. The van der Waals surface area contributed by atoms with E-state index in [1.165, 1.54) is 54.9 Å². The van der Waals surface area contributed by atoms with E-state index in [0.717, 1.165) is 78.0 Å². The summed E-state index contributed by atoms with van der Waals surface area (Å²) in [5.41, 5.74) is 17.6. The maximum absolute atomic E-state index is 6.27. The number of aryl methyl sites for hydroxylation is 2. The van der Waals surface area contributed by atoms with Crippen LogP contribution in [0.5, 0.6) is 0 Å². The lowest BCUT2D eigenvalue weighted by Crippen LogP contribution is -2.24. The second-order valence-electron chi connectivity index (χ2n) is 18.3. The van der Waals surface area contributed by atoms with E-state index in [2.05, 4.69) is 207 Å². The van der Waals surface area contributed by atoms with Gasteiger partial charge in [0.15, 0.2) is 0 Å². The molecule has 0 saturated heterocycles. The zero-order valence-electron chi connectivity index (χ0n) is 36.7. The molecule has 12 aromatic rings. The first-order chi connectivity index (χ1) is 31.8. The Morgan fingerprint density at radius 2 is 0.800 bits per heavy atom. The first kappa shape index (κ1) is 37.5. The molecule has 1 aliphatic rings. The van der Waals surface area contributed by atoms with Crippen molar-refractivity contribution in [3.63, 3.8) is 0 Å². The number of benzene rings is 10. The van der Waals surface area contributed by atoms with Crippen molar-refractivity contribution in [1.29, 1.82) is 0 Å². The largest absolute Gasteiger partial charge is 0.456 e. The number of fused-ring (bicyclic) bond motifs is 10. The first-order valence-corrected chi connectivity index (χ1v) is 22.5. The highest BCUT2D eigenvalue weighted by molar-refractivity contribution is 6.18. The van der Waals surface area contributed by atoms with Crippen LogP contribution in [0.1, 0.15) is 36.1 Å². The van der Waals surface area contributed by atoms with Gasteiger partial charge in [0.2, 0.25) is 0 Å². The SMILES string of the molecule is Cc1ccc(N(c2ccc3c(c2)C(C)(C)c2cccc4c2c-3cc2ccc(N(c3ccc(C)cc3)c3ccc5oc6ccccc6c5c3)cc24)c2ccc3oc4ccccc4c3c2)cc1. The van der Waals surface area contributed by atoms with Gasteiger partial charge in [0.1, 0.15) is 22.3 Å². The number of hydrogen-bond acceptors (Lipinski definition) is 4. The molecule has 4 heteroatoms. The van der Waals surface area contributed by atoms with Gasteiger partial charge in [-0.05, 0) is 161 Å². The van der Waals surface area contributed by atoms with Gasteiger partial charge in [-0.1, -0.05) is 116 Å². The first-order valence-electron chi connectivity index (χ1n) is 22.5. The van der Waals surface area contributed by atoms with E-state index in [4.69, 9.17) is 8.83 Å². The van der Waals surface area contributed by atoms with E-state index >= 15 is 0 Å². The predicted molar refractivity (Wildman–Crippen MR) is 272 cm³/mol. The van der Waals surface area contributed by atoms with Gasteiger partial charge in [0.25, 0.3) is 0 Å². The molecule has 310 valence electrons. The van der Waals surface area contributed by atoms with Crippen molar-refractivity contribution in [1.82, 2.24) is 0 Å². The van der Waals surface area contributed by atoms with Crippen LogP contribution in [0.15, 0.2) is 203 Å². The molecule has 2 heterocycles. The van der Waals surface area contributed by atoms with Crippen molar-refractivity contribution in [3.05, 3.63) is 216 Å². The molecule has 10 aromatic carbocycles. The van der Waals surface area contributed by atoms with Gasteiger partial charge in [-0.2, -0.15) is 0 Å². The second kappa shape index (κ2) is 14.0. The van der Waals surface area contributed by atoms with E-state index in [1.54, 1.807) is 0 Å². The van der Waals surface area contributed by atoms with E-state index < -0.39 is 0 Å². The highest BCUT2D eigenvalue weighted by Crippen LogP contribution is 2.53. The summed E-state index contributed by atoms with van der Waals surface area (Å²) in [6, 6.07) is 70.8. The molecule has 4 nitrogen and oxygen atoms in total. The number of hydrogen-bond donors (Lipinski definition) is 0. The van der Waals surface area contributed by atoms with Gasteiger partial charge >= 0.3 is 0 Å². The minimum atomic E-state index is -0.288. The van der Waals surface area contributed by atoms with Gasteiger partial charge < -0.3 is 18.6 Å². The number of furan rings is 2. The van der Waals surface area contributed by atoms with Crippen LogP contribution >= 0.6 is 0 Å². The van der Waals surface area contributed by atoms with Crippen molar-refractivity contribution >= 4 is 99.5 Å². The molecule has 0 fully saturated rings. The molecule has 2 aromatic heterocycles. The van der Waals surface area contributed by atoms with Crippen LogP contribution in [0.4, 0.5) is 34.1 Å². The van der Waals surface area contributed by atoms with Gasteiger partial charge in [0.05, 0.1) is 0 Å². The molecule has 0 radical (unpaired) electrons. The summed E-state index contributed by atoms with van der Waals surface area (Å²) >= 11 is 0. The molecule has 0 atom stereocenters. The fourth-order valence-electron chi connectivity index (χ4n) is 10.6. The fourth-order valence-corrected chi connectivity index (χ4v) is 10.6. The van der Waals surface area contributed by atoms with Crippen molar-refractivity contribution in [2.24, 2.45) is 0 Å². The van der Waals surface area contributed by atoms with Crippen LogP contribution in [-0.2, 0) is 5.41 Å². The van der Waals surface area contributed by atoms with Crippen molar-refractivity contribution in [3.8, 4) is 11.1 Å². The lowest BCUT2D eigenvalue weighted by Gasteiger charge is -2.37. The van der Waals surface area contributed by atoms with Crippen LogP contribution in [0.25, 0.3) is 76.5 Å². The Bertz CT molecular complexity index is 3890. The molecule has 0 amide bonds. The van der Waals surface area contributed by atoms with Crippen LogP contribution in [0.3, 0.4) is 0 Å². The molecule has 13 rings (SSSR count). The van der Waals surface area contributed by atoms with E-state index in [0.29, 0.717) is 0 Å². The quantitative estimate of drug-likeness (QED) is 0.156. The predicted octanol–water partition coefficient (Wildman–Crippen LogP) is 17.7. The summed E-state index contributed by atoms with van der Waals surface area (Å²) in [6.07, 6.45) is 0. The van der Waals surface area contributed by atoms with E-state index in [-0.39, 0.29) is 5.41 Å². The van der Waals surface area contributed by atoms with Gasteiger partial charge in [0, 0.05) is 61.1 Å². The van der Waals surface area contributed by atoms with Crippen LogP contribution in [-0.4, -0.2) is 0 Å². The highest BCUT2D eigenvalue weighted by atomic mass is 16.3. The number of rotatable bonds is 6. The summed E-state index contributed by atoms with van der Waals surface area (Å²) in [7, 11) is 0. The summed E-state index contributed by atoms with van der Waals surface area (Å²) in [5, 5.41) is 9.50. The van der Waals surface area contributed by atoms with E-state index in [1.807, 2.05) is 24.3 Å². The Hall–Kier alpha value is -8.08. The summed E-state index contributed by atoms with van der Waals surface area (Å²) < 4.78 is 12.5. The lowest BCUT2D eigenvalue weighted by molar-refractivity contribution is 0.645. The summed E-state index contributed by atoms with van der Waals surface area (Å²) in [4.78, 5) is 4.77. The molecule has 0 unspecified atom stereocenters. The number of anilines is 6. The van der Waals surface area contributed by atoms with Crippen LogP contribution in [0, 0.1) is 13.8 Å². The summed E-state index contributed by atoms with van der Waals surface area (Å²) in [6.45, 7) is 9.07. The van der Waals surface area contributed by atoms with Crippen LogP contribution < -0.4 is 9.80 Å². The van der Waals surface area contributed by atoms with Crippen molar-refractivity contribution in [2.45, 2.75) is 33.1 Å². The third-order valence-corrected chi connectivity index (χ3v) is 13.9. The number of para-hydroxylation sites is 2. The average Bonchev–Trinajstić information content (AvgIpc) is 3.90. The topological polar surface area (TPSA) is 32.8 Å². The molecular formula is C61H44N2O2.